The van der Waals surface area contributed by atoms with Gasteiger partial charge in [-0.2, -0.15) is 11.8 Å². The van der Waals surface area contributed by atoms with Gasteiger partial charge in [-0.25, -0.2) is 4.79 Å². The van der Waals surface area contributed by atoms with Crippen LogP contribution in [0.15, 0.2) is 0 Å². The van der Waals surface area contributed by atoms with Gasteiger partial charge in [0.15, 0.2) is 0 Å². The smallest absolute Gasteiger partial charge is 0.317 e. The summed E-state index contributed by atoms with van der Waals surface area (Å²) in [4.78, 5) is 24.3. The molecule has 2 amide bonds. The molecule has 1 rings (SSSR count). The van der Waals surface area contributed by atoms with E-state index in [0.717, 1.165) is 18.1 Å². The fourth-order valence-electron chi connectivity index (χ4n) is 1.95. The van der Waals surface area contributed by atoms with Crippen LogP contribution in [0.1, 0.15) is 33.1 Å². The van der Waals surface area contributed by atoms with Gasteiger partial charge < -0.3 is 15.3 Å². The van der Waals surface area contributed by atoms with Gasteiger partial charge in [-0.15, -0.1) is 0 Å². The first-order valence-electron chi connectivity index (χ1n) is 6.37. The SMILES string of the molecule is CC(CCCC(=O)O)NC(=O)N1CCSCC1C. The standard InChI is InChI=1S/C12H22N2O3S/c1-9(4-3-5-11(15)16)13-12(17)14-6-7-18-8-10(14)2/h9-10H,3-8H2,1-2H3,(H,13,17)(H,15,16). The lowest BCUT2D eigenvalue weighted by Gasteiger charge is -2.34. The number of aliphatic carboxylic acids is 1. The lowest BCUT2D eigenvalue weighted by Crippen LogP contribution is -2.51. The van der Waals surface area contributed by atoms with Crippen molar-refractivity contribution in [2.75, 3.05) is 18.1 Å². The molecule has 2 atom stereocenters. The van der Waals surface area contributed by atoms with Crippen molar-refractivity contribution in [3.05, 3.63) is 0 Å². The molecule has 0 radical (unpaired) electrons. The summed E-state index contributed by atoms with van der Waals surface area (Å²) in [5.41, 5.74) is 0. The number of hydrogen-bond donors (Lipinski definition) is 2. The number of carboxylic acid groups (broad SMARTS) is 1. The van der Waals surface area contributed by atoms with Crippen LogP contribution in [0.3, 0.4) is 0 Å². The third-order valence-electron chi connectivity index (χ3n) is 3.03. The van der Waals surface area contributed by atoms with Crippen LogP contribution in [0.5, 0.6) is 0 Å². The normalized spacial score (nSPS) is 21.4. The quantitative estimate of drug-likeness (QED) is 0.801. The Morgan fingerprint density at radius 2 is 2.28 bits per heavy atom. The van der Waals surface area contributed by atoms with Gasteiger partial charge in [-0.1, -0.05) is 0 Å². The van der Waals surface area contributed by atoms with E-state index in [1.807, 2.05) is 23.6 Å². The Hall–Kier alpha value is -0.910. The van der Waals surface area contributed by atoms with Gasteiger partial charge in [0.05, 0.1) is 0 Å². The topological polar surface area (TPSA) is 69.6 Å². The van der Waals surface area contributed by atoms with Gasteiger partial charge in [-0.3, -0.25) is 4.79 Å². The Kier molecular flexibility index (Phi) is 6.32. The van der Waals surface area contributed by atoms with Crippen molar-refractivity contribution in [1.82, 2.24) is 10.2 Å². The number of carbonyl (C=O) groups excluding carboxylic acids is 1. The molecular weight excluding hydrogens is 252 g/mol. The highest BCUT2D eigenvalue weighted by Crippen LogP contribution is 2.16. The Morgan fingerprint density at radius 1 is 1.56 bits per heavy atom. The van der Waals surface area contributed by atoms with Crippen LogP contribution in [0, 0.1) is 0 Å². The summed E-state index contributed by atoms with van der Waals surface area (Å²) in [6.45, 7) is 4.77. The molecule has 5 nitrogen and oxygen atoms in total. The molecule has 0 aromatic rings. The van der Waals surface area contributed by atoms with Crippen molar-refractivity contribution in [3.63, 3.8) is 0 Å². The van der Waals surface area contributed by atoms with Crippen LogP contribution in [0.4, 0.5) is 4.79 Å². The first-order valence-corrected chi connectivity index (χ1v) is 7.53. The van der Waals surface area contributed by atoms with Crippen LogP contribution < -0.4 is 5.32 Å². The first-order chi connectivity index (χ1) is 8.50. The van der Waals surface area contributed by atoms with Crippen molar-refractivity contribution < 1.29 is 14.7 Å². The lowest BCUT2D eigenvalue weighted by molar-refractivity contribution is -0.137. The summed E-state index contributed by atoms with van der Waals surface area (Å²) in [5, 5.41) is 11.5. The Balaban J connectivity index is 2.27. The molecule has 0 aromatic heterocycles. The Labute approximate surface area is 112 Å². The minimum atomic E-state index is -0.782. The van der Waals surface area contributed by atoms with Gasteiger partial charge in [0.25, 0.3) is 0 Å². The van der Waals surface area contributed by atoms with E-state index in [4.69, 9.17) is 5.11 Å². The minimum Gasteiger partial charge on any atom is -0.481 e. The van der Waals surface area contributed by atoms with E-state index in [1.54, 1.807) is 0 Å². The van der Waals surface area contributed by atoms with Crippen molar-refractivity contribution >= 4 is 23.8 Å². The van der Waals surface area contributed by atoms with Crippen molar-refractivity contribution in [3.8, 4) is 0 Å². The van der Waals surface area contributed by atoms with E-state index < -0.39 is 5.97 Å². The maximum atomic E-state index is 12.0. The van der Waals surface area contributed by atoms with Crippen LogP contribution in [-0.2, 0) is 4.79 Å². The molecular formula is C12H22N2O3S. The molecule has 2 unspecified atom stereocenters. The van der Waals surface area contributed by atoms with Crippen LogP contribution in [-0.4, -0.2) is 52.1 Å². The Bertz CT molecular complexity index is 299. The molecule has 1 saturated heterocycles. The monoisotopic (exact) mass is 274 g/mol. The highest BCUT2D eigenvalue weighted by atomic mass is 32.2. The fourth-order valence-corrected chi connectivity index (χ4v) is 2.97. The van der Waals surface area contributed by atoms with Crippen LogP contribution >= 0.6 is 11.8 Å². The highest BCUT2D eigenvalue weighted by molar-refractivity contribution is 7.99. The number of hydrogen-bond acceptors (Lipinski definition) is 3. The van der Waals surface area contributed by atoms with Crippen LogP contribution in [0.2, 0.25) is 0 Å². The third kappa shape index (κ3) is 5.16. The third-order valence-corrected chi connectivity index (χ3v) is 4.22. The second kappa shape index (κ2) is 7.51. The van der Waals surface area contributed by atoms with Crippen molar-refractivity contribution in [1.29, 1.82) is 0 Å². The number of thioether (sulfide) groups is 1. The molecule has 18 heavy (non-hydrogen) atoms. The predicted octanol–water partition coefficient (Wildman–Crippen LogP) is 1.78. The maximum absolute atomic E-state index is 12.0. The zero-order valence-corrected chi connectivity index (χ0v) is 11.8. The summed E-state index contributed by atoms with van der Waals surface area (Å²) in [6, 6.07) is 0.277. The lowest BCUT2D eigenvalue weighted by atomic mass is 10.1. The second-order valence-corrected chi connectivity index (χ2v) is 5.90. The molecule has 0 aliphatic carbocycles. The van der Waals surface area contributed by atoms with Gasteiger partial charge >= 0.3 is 12.0 Å². The van der Waals surface area contributed by atoms with Crippen molar-refractivity contribution in [2.45, 2.75) is 45.2 Å². The van der Waals surface area contributed by atoms with E-state index in [-0.39, 0.29) is 24.5 Å². The second-order valence-electron chi connectivity index (χ2n) is 4.75. The van der Waals surface area contributed by atoms with Gasteiger partial charge in [0, 0.05) is 36.6 Å². The highest BCUT2D eigenvalue weighted by Gasteiger charge is 2.24. The van der Waals surface area contributed by atoms with E-state index in [0.29, 0.717) is 12.8 Å². The summed E-state index contributed by atoms with van der Waals surface area (Å²) >= 11 is 1.87. The van der Waals surface area contributed by atoms with E-state index in [9.17, 15) is 9.59 Å². The summed E-state index contributed by atoms with van der Waals surface area (Å²) in [6.07, 6.45) is 1.47. The molecule has 1 heterocycles. The molecule has 0 aromatic carbocycles. The number of urea groups is 1. The number of carbonyl (C=O) groups is 2. The van der Waals surface area contributed by atoms with Crippen LogP contribution in [0.25, 0.3) is 0 Å². The zero-order valence-electron chi connectivity index (χ0n) is 11.0. The molecule has 1 aliphatic rings. The molecule has 0 bridgehead atoms. The molecule has 2 N–H and O–H groups in total. The average molecular weight is 274 g/mol. The maximum Gasteiger partial charge on any atom is 0.317 e. The average Bonchev–Trinajstić information content (AvgIpc) is 2.28. The fraction of sp³-hybridized carbons (Fsp3) is 0.833. The summed E-state index contributed by atoms with van der Waals surface area (Å²) in [5.74, 6) is 1.20. The molecule has 1 aliphatic heterocycles. The molecule has 0 spiro atoms. The Morgan fingerprint density at radius 3 is 2.89 bits per heavy atom. The van der Waals surface area contributed by atoms with E-state index in [1.165, 1.54) is 0 Å². The van der Waals surface area contributed by atoms with Gasteiger partial charge in [0.2, 0.25) is 0 Å². The van der Waals surface area contributed by atoms with Crippen molar-refractivity contribution in [2.24, 2.45) is 0 Å². The van der Waals surface area contributed by atoms with E-state index >= 15 is 0 Å². The molecule has 104 valence electrons. The molecule has 1 fully saturated rings. The number of rotatable bonds is 5. The number of amides is 2. The zero-order chi connectivity index (χ0) is 13.5. The number of nitrogens with one attached hydrogen (secondary N) is 1. The first kappa shape index (κ1) is 15.1. The molecule has 0 saturated carbocycles. The summed E-state index contributed by atoms with van der Waals surface area (Å²) in [7, 11) is 0. The largest absolute Gasteiger partial charge is 0.481 e. The minimum absolute atomic E-state index is 0.0226. The number of carboxylic acids is 1. The van der Waals surface area contributed by atoms with Gasteiger partial charge in [0.1, 0.15) is 0 Å². The predicted molar refractivity (Wildman–Crippen MR) is 73.0 cm³/mol. The number of nitrogens with zero attached hydrogens (tertiary/aromatic N) is 1. The van der Waals surface area contributed by atoms with Gasteiger partial charge in [-0.05, 0) is 26.7 Å². The summed E-state index contributed by atoms with van der Waals surface area (Å²) < 4.78 is 0. The molecule has 6 heteroatoms. The van der Waals surface area contributed by atoms with E-state index in [2.05, 4.69) is 12.2 Å².